The second-order valence-corrected chi connectivity index (χ2v) is 8.59. The van der Waals surface area contributed by atoms with Gasteiger partial charge in [0, 0.05) is 24.5 Å². The number of imidazole rings is 1. The Bertz CT molecular complexity index is 1480. The van der Waals surface area contributed by atoms with Gasteiger partial charge in [-0.25, -0.2) is 9.67 Å². The predicted molar refractivity (Wildman–Crippen MR) is 134 cm³/mol. The van der Waals surface area contributed by atoms with Gasteiger partial charge in [-0.2, -0.15) is 5.10 Å². The van der Waals surface area contributed by atoms with Crippen LogP contribution in [0.2, 0.25) is 0 Å². The smallest absolute Gasteiger partial charge is 0.293 e. The summed E-state index contributed by atoms with van der Waals surface area (Å²) in [4.78, 5) is 20.6. The van der Waals surface area contributed by atoms with Crippen molar-refractivity contribution >= 4 is 27.8 Å². The van der Waals surface area contributed by atoms with Crippen LogP contribution in [0.25, 0.3) is 21.8 Å². The molecule has 0 aliphatic carbocycles. The number of ether oxygens (including phenoxy) is 1. The van der Waals surface area contributed by atoms with E-state index in [9.17, 15) is 4.79 Å². The van der Waals surface area contributed by atoms with Crippen molar-refractivity contribution in [2.24, 2.45) is 5.73 Å². The van der Waals surface area contributed by atoms with Gasteiger partial charge in [0.05, 0.1) is 26.4 Å². The topological polar surface area (TPSA) is 91.2 Å². The molecule has 0 amide bonds. The van der Waals surface area contributed by atoms with Crippen LogP contribution in [0.5, 0.6) is 5.75 Å². The van der Waals surface area contributed by atoms with Crippen LogP contribution in [-0.4, -0.2) is 45.6 Å². The van der Waals surface area contributed by atoms with E-state index in [-0.39, 0.29) is 11.6 Å². The highest BCUT2D eigenvalue weighted by molar-refractivity contribution is 5.91. The molecule has 2 N–H and O–H groups in total. The van der Waals surface area contributed by atoms with Gasteiger partial charge in [0.25, 0.3) is 5.56 Å². The van der Waals surface area contributed by atoms with Crippen molar-refractivity contribution in [3.8, 4) is 17.6 Å². The molecule has 0 radical (unpaired) electrons. The molecule has 1 fully saturated rings. The van der Waals surface area contributed by atoms with Gasteiger partial charge in [0.2, 0.25) is 5.95 Å². The van der Waals surface area contributed by atoms with Crippen molar-refractivity contribution in [2.75, 3.05) is 25.1 Å². The first-order valence-electron chi connectivity index (χ1n) is 11.5. The number of rotatable bonds is 5. The summed E-state index contributed by atoms with van der Waals surface area (Å²) in [7, 11) is 1.66. The van der Waals surface area contributed by atoms with Crippen LogP contribution in [0.3, 0.4) is 0 Å². The quantitative estimate of drug-likeness (QED) is 0.465. The number of nitrogens with zero attached hydrogens (tertiary/aromatic N) is 5. The van der Waals surface area contributed by atoms with Gasteiger partial charge in [-0.1, -0.05) is 36.3 Å². The number of fused-ring (bicyclic) bond motifs is 2. The van der Waals surface area contributed by atoms with E-state index < -0.39 is 0 Å². The second kappa shape index (κ2) is 9.20. The number of anilines is 1. The minimum atomic E-state index is -0.185. The Hall–Kier alpha value is -3.83. The fourth-order valence-corrected chi connectivity index (χ4v) is 4.74. The third-order valence-corrected chi connectivity index (χ3v) is 6.40. The van der Waals surface area contributed by atoms with E-state index in [2.05, 4.69) is 21.8 Å². The average molecular weight is 457 g/mol. The second-order valence-electron chi connectivity index (χ2n) is 8.59. The largest absolute Gasteiger partial charge is 0.496 e. The Morgan fingerprint density at radius 3 is 2.79 bits per heavy atom. The van der Waals surface area contributed by atoms with Crippen LogP contribution >= 0.6 is 0 Å². The van der Waals surface area contributed by atoms with Crippen LogP contribution in [0.15, 0.2) is 47.4 Å². The zero-order valence-corrected chi connectivity index (χ0v) is 19.5. The highest BCUT2D eigenvalue weighted by atomic mass is 16.5. The maximum absolute atomic E-state index is 13.7. The van der Waals surface area contributed by atoms with Crippen LogP contribution in [0.4, 0.5) is 5.95 Å². The molecule has 34 heavy (non-hydrogen) atoms. The van der Waals surface area contributed by atoms with E-state index in [0.717, 1.165) is 47.4 Å². The minimum absolute atomic E-state index is 0.0948. The lowest BCUT2D eigenvalue weighted by molar-refractivity contribution is 0.419. The standard InChI is InChI=1S/C26H28N6O2/c1-3-4-14-31-24-22(29-26(31)30-13-7-8-19(27)17-30)15-28-32(25(24)33)16-18-11-12-23(34-2)21-10-6-5-9-20(18)21/h5-6,9-12,15,19H,7-8,13-14,16-17,27H2,1-2H3. The number of hydrogen-bond donors (Lipinski definition) is 1. The number of nitrogens with two attached hydrogens (primary N) is 1. The summed E-state index contributed by atoms with van der Waals surface area (Å²) in [5.74, 6) is 7.57. The molecule has 2 aromatic carbocycles. The molecule has 2 aromatic heterocycles. The van der Waals surface area contributed by atoms with Crippen molar-refractivity contribution in [3.05, 3.63) is 58.5 Å². The van der Waals surface area contributed by atoms with Crippen molar-refractivity contribution in [2.45, 2.75) is 38.9 Å². The van der Waals surface area contributed by atoms with Gasteiger partial charge >= 0.3 is 0 Å². The Kier molecular flexibility index (Phi) is 5.95. The summed E-state index contributed by atoms with van der Waals surface area (Å²) in [5, 5.41) is 6.50. The first kappa shape index (κ1) is 22.0. The van der Waals surface area contributed by atoms with Crippen LogP contribution in [-0.2, 0) is 13.1 Å². The maximum Gasteiger partial charge on any atom is 0.293 e. The molecule has 3 heterocycles. The summed E-state index contributed by atoms with van der Waals surface area (Å²) in [5.41, 5.74) is 8.12. The first-order chi connectivity index (χ1) is 16.6. The molecule has 1 aliphatic rings. The van der Waals surface area contributed by atoms with E-state index in [1.165, 1.54) is 4.68 Å². The van der Waals surface area contributed by atoms with Crippen molar-refractivity contribution in [1.29, 1.82) is 0 Å². The van der Waals surface area contributed by atoms with E-state index in [1.807, 2.05) is 41.0 Å². The Morgan fingerprint density at radius 2 is 2.03 bits per heavy atom. The SMILES string of the molecule is CC#CCn1c(N2CCCC(N)C2)nc2cnn(Cc3ccc(OC)c4ccccc34)c(=O)c21. The van der Waals surface area contributed by atoms with Crippen LogP contribution in [0, 0.1) is 11.8 Å². The van der Waals surface area contributed by atoms with Gasteiger partial charge in [-0.05, 0) is 36.8 Å². The molecule has 0 spiro atoms. The molecule has 0 saturated carbocycles. The summed E-state index contributed by atoms with van der Waals surface area (Å²) in [6, 6.07) is 12.0. The molecule has 8 nitrogen and oxygen atoms in total. The van der Waals surface area contributed by atoms with Gasteiger partial charge < -0.3 is 15.4 Å². The Morgan fingerprint density at radius 1 is 1.21 bits per heavy atom. The van der Waals surface area contributed by atoms with Gasteiger partial charge in [-0.3, -0.25) is 9.36 Å². The lowest BCUT2D eigenvalue weighted by Gasteiger charge is -2.31. The molecule has 5 rings (SSSR count). The number of methoxy groups -OCH3 is 1. The van der Waals surface area contributed by atoms with E-state index in [4.69, 9.17) is 15.5 Å². The zero-order valence-electron chi connectivity index (χ0n) is 19.5. The molecule has 1 saturated heterocycles. The molecule has 1 aliphatic heterocycles. The number of hydrogen-bond acceptors (Lipinski definition) is 6. The summed E-state index contributed by atoms with van der Waals surface area (Å²) < 4.78 is 8.93. The summed E-state index contributed by atoms with van der Waals surface area (Å²) in [6.07, 6.45) is 3.66. The fourth-order valence-electron chi connectivity index (χ4n) is 4.74. The molecule has 4 aromatic rings. The number of benzene rings is 2. The fraction of sp³-hybridized carbons (Fsp3) is 0.346. The third kappa shape index (κ3) is 3.88. The highest BCUT2D eigenvalue weighted by Crippen LogP contribution is 2.29. The monoisotopic (exact) mass is 456 g/mol. The predicted octanol–water partition coefficient (Wildman–Crippen LogP) is 2.75. The normalized spacial score (nSPS) is 16.0. The van der Waals surface area contributed by atoms with Crippen molar-refractivity contribution in [1.82, 2.24) is 19.3 Å². The highest BCUT2D eigenvalue weighted by Gasteiger charge is 2.24. The van der Waals surface area contributed by atoms with Gasteiger partial charge in [0.1, 0.15) is 16.8 Å². The molecular weight excluding hydrogens is 428 g/mol. The number of aromatic nitrogens is 4. The third-order valence-electron chi connectivity index (χ3n) is 6.40. The molecule has 0 bridgehead atoms. The van der Waals surface area contributed by atoms with Crippen molar-refractivity contribution < 1.29 is 4.74 Å². The molecule has 174 valence electrons. The van der Waals surface area contributed by atoms with Crippen molar-refractivity contribution in [3.63, 3.8) is 0 Å². The van der Waals surface area contributed by atoms with E-state index >= 15 is 0 Å². The number of piperidine rings is 1. The lowest BCUT2D eigenvalue weighted by Crippen LogP contribution is -2.44. The summed E-state index contributed by atoms with van der Waals surface area (Å²) in [6.45, 7) is 4.09. The minimum Gasteiger partial charge on any atom is -0.496 e. The molecule has 1 atom stereocenters. The maximum atomic E-state index is 13.7. The first-order valence-corrected chi connectivity index (χ1v) is 11.5. The van der Waals surface area contributed by atoms with E-state index in [0.29, 0.717) is 30.7 Å². The molecule has 1 unspecified atom stereocenters. The molecule has 8 heteroatoms. The molecular formula is C26H28N6O2. The van der Waals surface area contributed by atoms with Gasteiger partial charge in [0.15, 0.2) is 0 Å². The Balaban J connectivity index is 1.61. The average Bonchev–Trinajstić information content (AvgIpc) is 3.24. The zero-order chi connectivity index (χ0) is 23.7. The summed E-state index contributed by atoms with van der Waals surface area (Å²) >= 11 is 0. The van der Waals surface area contributed by atoms with Gasteiger partial charge in [-0.15, -0.1) is 5.92 Å². The van der Waals surface area contributed by atoms with E-state index in [1.54, 1.807) is 20.2 Å². The lowest BCUT2D eigenvalue weighted by atomic mass is 10.0. The van der Waals surface area contributed by atoms with Crippen LogP contribution < -0.4 is 20.9 Å². The van der Waals surface area contributed by atoms with Crippen LogP contribution in [0.1, 0.15) is 25.3 Å². The Labute approximate surface area is 197 Å².